The zero-order valence-electron chi connectivity index (χ0n) is 30.5. The monoisotopic (exact) mass is 664 g/mol. The van der Waals surface area contributed by atoms with Gasteiger partial charge in [-0.15, -0.1) is 0 Å². The summed E-state index contributed by atoms with van der Waals surface area (Å²) in [5, 5.41) is 0. The Kier molecular flexibility index (Phi) is 11.2. The highest BCUT2D eigenvalue weighted by Crippen LogP contribution is 2.50. The molecule has 260 valence electrons. The maximum atomic E-state index is 6.85. The second-order valence-corrected chi connectivity index (χ2v) is 15.1. The first kappa shape index (κ1) is 34.4. The molecule has 0 heterocycles. The number of hydrogen-bond acceptors (Lipinski definition) is 2. The molecule has 7 rings (SSSR count). The van der Waals surface area contributed by atoms with E-state index in [4.69, 9.17) is 9.47 Å². The minimum absolute atomic E-state index is 0.00610. The van der Waals surface area contributed by atoms with Crippen LogP contribution < -0.4 is 9.47 Å². The van der Waals surface area contributed by atoms with Crippen molar-refractivity contribution in [1.82, 2.24) is 0 Å². The van der Waals surface area contributed by atoms with E-state index >= 15 is 0 Å². The van der Waals surface area contributed by atoms with Crippen LogP contribution in [0, 0.1) is 0 Å². The summed E-state index contributed by atoms with van der Waals surface area (Å²) in [6, 6.07) is 31.6. The van der Waals surface area contributed by atoms with Gasteiger partial charge in [-0.1, -0.05) is 143 Å². The molecule has 0 aliphatic heterocycles. The highest BCUT2D eigenvalue weighted by molar-refractivity contribution is 5.60. The van der Waals surface area contributed by atoms with E-state index in [9.17, 15) is 0 Å². The highest BCUT2D eigenvalue weighted by atomic mass is 16.5. The van der Waals surface area contributed by atoms with Crippen molar-refractivity contribution in [2.75, 3.05) is 0 Å². The summed E-state index contributed by atoms with van der Waals surface area (Å²) in [6.07, 6.45) is 27.6. The Balaban J connectivity index is 1.32. The predicted octanol–water partition coefficient (Wildman–Crippen LogP) is 14.7. The van der Waals surface area contributed by atoms with Crippen molar-refractivity contribution in [1.29, 1.82) is 0 Å². The topological polar surface area (TPSA) is 18.5 Å². The van der Waals surface area contributed by atoms with E-state index in [0.29, 0.717) is 11.8 Å². The maximum absolute atomic E-state index is 6.85. The molecule has 2 nitrogen and oxygen atoms in total. The van der Waals surface area contributed by atoms with Gasteiger partial charge < -0.3 is 9.47 Å². The molecule has 3 fully saturated rings. The highest BCUT2D eigenvalue weighted by Gasteiger charge is 2.38. The smallest absolute Gasteiger partial charge is 0.134 e. The molecule has 3 aliphatic rings. The van der Waals surface area contributed by atoms with Gasteiger partial charge in [0.25, 0.3) is 0 Å². The number of para-hydroxylation sites is 2. The van der Waals surface area contributed by atoms with Gasteiger partial charge in [0.2, 0.25) is 0 Å². The van der Waals surface area contributed by atoms with Crippen LogP contribution in [0.2, 0.25) is 0 Å². The summed E-state index contributed by atoms with van der Waals surface area (Å²) in [4.78, 5) is 0. The van der Waals surface area contributed by atoms with Crippen LogP contribution in [0.3, 0.4) is 0 Å². The molecule has 2 heteroatoms. The van der Waals surface area contributed by atoms with E-state index in [0.717, 1.165) is 34.1 Å². The van der Waals surface area contributed by atoms with E-state index < -0.39 is 0 Å². The second-order valence-electron chi connectivity index (χ2n) is 15.1. The third-order valence-corrected chi connectivity index (χ3v) is 11.9. The molecule has 3 saturated carbocycles. The number of ether oxygens (including phenoxy) is 2. The Labute approximate surface area is 301 Å². The summed E-state index contributed by atoms with van der Waals surface area (Å²) in [6.45, 7) is 4.15. The van der Waals surface area contributed by atoms with Gasteiger partial charge in [-0.2, -0.15) is 0 Å². The maximum Gasteiger partial charge on any atom is 0.134 e. The van der Waals surface area contributed by atoms with Crippen molar-refractivity contribution in [3.8, 4) is 23.0 Å². The summed E-state index contributed by atoms with van der Waals surface area (Å²) in [5.74, 6) is 5.03. The standard InChI is InChI=1S/C48H56O2/c1-3-18-38-24-12-14-26-44(38)49-46-30-28-40(34-42(46)36-20-8-5-9-21-36)48(32-16-7-17-33-48)41-29-31-47(43(35-41)37-22-10-6-11-23-37)50-45-27-15-13-25-39(45)19-4-2/h3-4,12-15,18-19,24-31,34-37H,5-11,16-17,20-23,32-33H2,1-2H3. The molecule has 4 aromatic rings. The van der Waals surface area contributed by atoms with Crippen molar-refractivity contribution in [2.24, 2.45) is 0 Å². The normalized spacial score (nSPS) is 18.8. The fourth-order valence-electron chi connectivity index (χ4n) is 9.26. The number of hydrogen-bond donors (Lipinski definition) is 0. The van der Waals surface area contributed by atoms with E-state index in [-0.39, 0.29) is 5.41 Å². The van der Waals surface area contributed by atoms with Crippen molar-refractivity contribution < 1.29 is 9.47 Å². The predicted molar refractivity (Wildman–Crippen MR) is 211 cm³/mol. The number of benzene rings is 4. The fourth-order valence-corrected chi connectivity index (χ4v) is 9.26. The first-order valence-electron chi connectivity index (χ1n) is 19.8. The average molecular weight is 665 g/mol. The Morgan fingerprint density at radius 2 is 0.900 bits per heavy atom. The van der Waals surface area contributed by atoms with Gasteiger partial charge in [-0.25, -0.2) is 0 Å². The van der Waals surface area contributed by atoms with Crippen LogP contribution >= 0.6 is 0 Å². The SMILES string of the molecule is CC=Cc1ccccc1Oc1ccc(C2(c3ccc(Oc4ccccc4C=CC)c(C4CCCCC4)c3)CCCCC2)cc1C1CCCCC1. The van der Waals surface area contributed by atoms with Crippen LogP contribution in [-0.4, -0.2) is 0 Å². The summed E-state index contributed by atoms with van der Waals surface area (Å²) >= 11 is 0. The first-order chi connectivity index (χ1) is 24.7. The van der Waals surface area contributed by atoms with Crippen LogP contribution in [0.4, 0.5) is 0 Å². The van der Waals surface area contributed by atoms with Crippen molar-refractivity contribution in [3.63, 3.8) is 0 Å². The van der Waals surface area contributed by atoms with Crippen molar-refractivity contribution >= 4 is 12.2 Å². The molecule has 0 spiro atoms. The van der Waals surface area contributed by atoms with Gasteiger partial charge >= 0.3 is 0 Å². The lowest BCUT2D eigenvalue weighted by Crippen LogP contribution is -2.31. The molecule has 0 bridgehead atoms. The summed E-state index contributed by atoms with van der Waals surface area (Å²) in [7, 11) is 0. The third kappa shape index (κ3) is 7.51. The number of allylic oxidation sites excluding steroid dienone is 2. The van der Waals surface area contributed by atoms with Crippen LogP contribution in [0.15, 0.2) is 97.1 Å². The molecule has 0 radical (unpaired) electrons. The quantitative estimate of drug-likeness (QED) is 0.168. The molecular formula is C48H56O2. The summed E-state index contributed by atoms with van der Waals surface area (Å²) < 4.78 is 13.7. The Hall–Kier alpha value is -4.04. The van der Waals surface area contributed by atoms with Crippen LogP contribution in [-0.2, 0) is 5.41 Å². The zero-order chi connectivity index (χ0) is 34.2. The third-order valence-electron chi connectivity index (χ3n) is 11.9. The van der Waals surface area contributed by atoms with Gasteiger partial charge in [-0.3, -0.25) is 0 Å². The average Bonchev–Trinajstić information content (AvgIpc) is 3.18. The number of rotatable bonds is 10. The molecule has 50 heavy (non-hydrogen) atoms. The van der Waals surface area contributed by atoms with Crippen LogP contribution in [0.1, 0.15) is 155 Å². The summed E-state index contributed by atoms with van der Waals surface area (Å²) in [5.41, 5.74) is 8.04. The van der Waals surface area contributed by atoms with Gasteiger partial charge in [0.1, 0.15) is 23.0 Å². The molecule has 4 aromatic carbocycles. The molecular weight excluding hydrogens is 609 g/mol. The Morgan fingerprint density at radius 3 is 1.34 bits per heavy atom. The molecule has 3 aliphatic carbocycles. The fraction of sp³-hybridized carbons (Fsp3) is 0.417. The Morgan fingerprint density at radius 1 is 0.480 bits per heavy atom. The van der Waals surface area contributed by atoms with E-state index in [1.54, 1.807) is 0 Å². The van der Waals surface area contributed by atoms with Crippen molar-refractivity contribution in [3.05, 3.63) is 130 Å². The largest absolute Gasteiger partial charge is 0.456 e. The molecule has 0 saturated heterocycles. The minimum Gasteiger partial charge on any atom is -0.456 e. The van der Waals surface area contributed by atoms with Crippen molar-refractivity contribution in [2.45, 2.75) is 127 Å². The molecule has 0 amide bonds. The van der Waals surface area contributed by atoms with Gasteiger partial charge in [0.15, 0.2) is 0 Å². The lowest BCUT2D eigenvalue weighted by atomic mass is 9.64. The van der Waals surface area contributed by atoms with E-state index in [1.165, 1.54) is 119 Å². The van der Waals surface area contributed by atoms with E-state index in [1.807, 2.05) is 0 Å². The Bertz CT molecular complexity index is 1650. The minimum atomic E-state index is -0.00610. The van der Waals surface area contributed by atoms with Gasteiger partial charge in [-0.05, 0) is 111 Å². The zero-order valence-corrected chi connectivity index (χ0v) is 30.5. The van der Waals surface area contributed by atoms with Crippen LogP contribution in [0.25, 0.3) is 12.2 Å². The molecule has 0 aromatic heterocycles. The molecule has 0 atom stereocenters. The van der Waals surface area contributed by atoms with Crippen LogP contribution in [0.5, 0.6) is 23.0 Å². The lowest BCUT2D eigenvalue weighted by Gasteiger charge is -2.40. The second kappa shape index (κ2) is 16.3. The van der Waals surface area contributed by atoms with Gasteiger partial charge in [0.05, 0.1) is 0 Å². The molecule has 0 unspecified atom stereocenters. The lowest BCUT2D eigenvalue weighted by molar-refractivity contribution is 0.343. The van der Waals surface area contributed by atoms with E-state index in [2.05, 4.69) is 123 Å². The van der Waals surface area contributed by atoms with Gasteiger partial charge in [0, 0.05) is 16.5 Å². The molecule has 0 N–H and O–H groups in total. The first-order valence-corrected chi connectivity index (χ1v) is 19.8.